The highest BCUT2D eigenvalue weighted by atomic mass is 14.4. The quantitative estimate of drug-likeness (QED) is 0.159. The summed E-state index contributed by atoms with van der Waals surface area (Å²) in [7, 11) is 0. The molecule has 0 N–H and O–H groups in total. The summed E-state index contributed by atoms with van der Waals surface area (Å²) >= 11 is 0. The van der Waals surface area contributed by atoms with E-state index in [1.54, 1.807) is 0 Å². The Bertz CT molecular complexity index is 2340. The molecule has 280 valence electrons. The maximum atomic E-state index is 2.82. The van der Waals surface area contributed by atoms with Crippen molar-refractivity contribution in [2.24, 2.45) is 0 Å². The zero-order chi connectivity index (χ0) is 39.6. The molecule has 9 rings (SSSR count). The van der Waals surface area contributed by atoms with Gasteiger partial charge in [-0.25, -0.2) is 0 Å². The highest BCUT2D eigenvalue weighted by Crippen LogP contribution is 2.57. The molecule has 0 spiro atoms. The largest absolute Gasteiger partial charge is 0.193 e. The predicted octanol–water partition coefficient (Wildman–Crippen LogP) is 9.58. The van der Waals surface area contributed by atoms with E-state index in [1.807, 2.05) is 0 Å². The molecule has 0 fully saturated rings. The van der Waals surface area contributed by atoms with Crippen molar-refractivity contribution in [3.63, 3.8) is 0 Å². The number of fused-ring (bicyclic) bond motifs is 6. The first-order valence-corrected chi connectivity index (χ1v) is 21.0. The molecule has 6 aromatic carbocycles. The van der Waals surface area contributed by atoms with Gasteiger partial charge in [0, 0.05) is 0 Å². The molecule has 0 nitrogen and oxygen atoms in total. The van der Waals surface area contributed by atoms with Gasteiger partial charge in [-0.3, -0.25) is 0 Å². The molecule has 2 atom stereocenters. The van der Waals surface area contributed by atoms with E-state index in [0.717, 1.165) is 0 Å². The Balaban J connectivity index is 1.47. The fourth-order valence-corrected chi connectivity index (χ4v) is 14.1. The van der Waals surface area contributed by atoms with Crippen molar-refractivity contribution in [1.82, 2.24) is 0 Å². The van der Waals surface area contributed by atoms with Gasteiger partial charge in [0.25, 0.3) is 0 Å². The molecule has 56 heavy (non-hydrogen) atoms. The first kappa shape index (κ1) is 36.6. The van der Waals surface area contributed by atoms with Gasteiger partial charge < -0.3 is 0 Å². The van der Waals surface area contributed by atoms with Gasteiger partial charge in [0.2, 0.25) is 0 Å². The summed E-state index contributed by atoms with van der Waals surface area (Å²) in [6, 6.07) is 38.6. The van der Waals surface area contributed by atoms with E-state index in [9.17, 15) is 0 Å². The van der Waals surface area contributed by atoms with E-state index in [0.29, 0.717) is 0 Å². The monoisotopic (exact) mass is 726 g/mol. The van der Waals surface area contributed by atoms with Crippen molar-refractivity contribution in [2.75, 3.05) is 0 Å². The Morgan fingerprint density at radius 2 is 0.554 bits per heavy atom. The Kier molecular flexibility index (Phi) is 8.31. The van der Waals surface area contributed by atoms with Crippen LogP contribution in [0.15, 0.2) is 109 Å². The second-order valence-corrected chi connectivity index (χ2v) is 18.6. The number of allylic oxidation sites excluding steroid dienone is 4. The van der Waals surface area contributed by atoms with Gasteiger partial charge in [-0.15, -0.1) is 23.8 Å². The topological polar surface area (TPSA) is 0 Å². The maximum absolute atomic E-state index is 2.82. The standard InChI is InChI=1S/C54H56B2/c1-31-21-35(5)51(36(6)22-31)55(52-37(7)23-32(2)24-38(52)8)47-19-15-13-17-43(47)45-30-50-46(29-49(45)55)44-18-14-16-20-48(44)56(50,53-39(9)25-33(3)26-40(53)10)54-41(11)27-34(4)28-42(54)12/h13-30,49-50H,1-12H3/q-2/t49-,50-/m1/s1. The van der Waals surface area contributed by atoms with Crippen molar-refractivity contribution in [3.8, 4) is 0 Å². The van der Waals surface area contributed by atoms with Gasteiger partial charge in [0.1, 0.15) is 0 Å². The normalized spacial score (nSPS) is 18.5. The Morgan fingerprint density at radius 3 is 0.804 bits per heavy atom. The molecular formula is C54H56B2-2. The first-order valence-electron chi connectivity index (χ1n) is 21.0. The summed E-state index contributed by atoms with van der Waals surface area (Å²) in [5.41, 5.74) is 31.6. The summed E-state index contributed by atoms with van der Waals surface area (Å²) in [6.45, 7) is 28.1. The van der Waals surface area contributed by atoms with Gasteiger partial charge in [0.15, 0.2) is 0 Å². The molecule has 1 aliphatic carbocycles. The lowest BCUT2D eigenvalue weighted by molar-refractivity contribution is 1.21. The number of hydrogen-bond acceptors (Lipinski definition) is 0. The lowest BCUT2D eigenvalue weighted by Gasteiger charge is -2.52. The number of aryl methyl sites for hydroxylation is 12. The summed E-state index contributed by atoms with van der Waals surface area (Å²) < 4.78 is 0. The summed E-state index contributed by atoms with van der Waals surface area (Å²) in [5.74, 6) is 0.359. The van der Waals surface area contributed by atoms with Crippen LogP contribution in [0, 0.1) is 83.1 Å². The SMILES string of the molecule is Cc1cc(C)c([B-]2(c3c(C)cc(C)cc3C)c3ccccc3C3=C[C@@H]4C(=C[C@H]32)c2ccccc2[B-]4(c2c(C)cc(C)cc2C)c2c(C)cc(C)cc2C)c(C)c1. The average Bonchev–Trinajstić information content (AvgIpc) is 3.54. The highest BCUT2D eigenvalue weighted by molar-refractivity contribution is 7.17. The minimum absolute atomic E-state index is 0.180. The molecule has 2 heterocycles. The zero-order valence-electron chi connectivity index (χ0n) is 35.7. The van der Waals surface area contributed by atoms with E-state index in [4.69, 9.17) is 0 Å². The van der Waals surface area contributed by atoms with E-state index in [-0.39, 0.29) is 11.6 Å². The molecule has 0 aromatic heterocycles. The van der Waals surface area contributed by atoms with E-state index < -0.39 is 12.3 Å². The summed E-state index contributed by atoms with van der Waals surface area (Å²) in [5, 5.41) is 0. The Hall–Kier alpha value is -5.07. The van der Waals surface area contributed by atoms with Crippen molar-refractivity contribution in [1.29, 1.82) is 0 Å². The molecule has 6 aromatic rings. The zero-order valence-corrected chi connectivity index (χ0v) is 35.7. The van der Waals surface area contributed by atoms with Gasteiger partial charge >= 0.3 is 0 Å². The smallest absolute Gasteiger partial charge is 0.0946 e. The van der Waals surface area contributed by atoms with Crippen molar-refractivity contribution < 1.29 is 0 Å². The second kappa shape index (κ2) is 12.7. The van der Waals surface area contributed by atoms with Crippen LogP contribution in [-0.4, -0.2) is 12.3 Å². The van der Waals surface area contributed by atoms with E-state index in [2.05, 4.69) is 192 Å². The average molecular weight is 727 g/mol. The van der Waals surface area contributed by atoms with Crippen LogP contribution < -0.4 is 32.8 Å². The lowest BCUT2D eigenvalue weighted by atomic mass is 9.09. The van der Waals surface area contributed by atoms with Crippen LogP contribution in [-0.2, 0) is 0 Å². The molecule has 0 unspecified atom stereocenters. The predicted molar refractivity (Wildman–Crippen MR) is 248 cm³/mol. The first-order chi connectivity index (χ1) is 26.7. The maximum Gasteiger partial charge on any atom is 0.0946 e. The number of hydrogen-bond donors (Lipinski definition) is 0. The third-order valence-electron chi connectivity index (χ3n) is 14.8. The fourth-order valence-electron chi connectivity index (χ4n) is 14.1. The van der Waals surface area contributed by atoms with Crippen molar-refractivity contribution in [3.05, 3.63) is 187 Å². The van der Waals surface area contributed by atoms with Crippen LogP contribution in [0.5, 0.6) is 0 Å². The van der Waals surface area contributed by atoms with E-state index >= 15 is 0 Å². The lowest BCUT2D eigenvalue weighted by Crippen LogP contribution is -2.71. The summed E-state index contributed by atoms with van der Waals surface area (Å²) in [4.78, 5) is 0. The Labute approximate surface area is 336 Å². The van der Waals surface area contributed by atoms with E-state index in [1.165, 1.54) is 122 Å². The molecule has 3 aliphatic rings. The summed E-state index contributed by atoms with van der Waals surface area (Å²) in [6.07, 6.45) is 2.70. The van der Waals surface area contributed by atoms with Crippen LogP contribution >= 0.6 is 0 Å². The van der Waals surface area contributed by atoms with Gasteiger partial charge in [-0.1, -0.05) is 186 Å². The number of rotatable bonds is 4. The van der Waals surface area contributed by atoms with Crippen LogP contribution in [0.2, 0.25) is 11.6 Å². The Morgan fingerprint density at radius 1 is 0.321 bits per heavy atom. The highest BCUT2D eigenvalue weighted by Gasteiger charge is 2.53. The minimum Gasteiger partial charge on any atom is -0.193 e. The second-order valence-electron chi connectivity index (χ2n) is 18.6. The molecule has 0 amide bonds. The third-order valence-corrected chi connectivity index (χ3v) is 14.8. The molecule has 2 aliphatic heterocycles. The van der Waals surface area contributed by atoms with Crippen LogP contribution in [0.4, 0.5) is 0 Å². The van der Waals surface area contributed by atoms with Crippen LogP contribution in [0.1, 0.15) is 77.9 Å². The van der Waals surface area contributed by atoms with Crippen molar-refractivity contribution >= 4 is 56.2 Å². The van der Waals surface area contributed by atoms with Crippen LogP contribution in [0.3, 0.4) is 0 Å². The van der Waals surface area contributed by atoms with Crippen LogP contribution in [0.25, 0.3) is 11.1 Å². The van der Waals surface area contributed by atoms with Gasteiger partial charge in [0.05, 0.1) is 12.3 Å². The third kappa shape index (κ3) is 4.81. The van der Waals surface area contributed by atoms with Gasteiger partial charge in [-0.2, -0.15) is 32.8 Å². The fraction of sp³-hybridized carbons (Fsp3) is 0.259. The molecule has 0 radical (unpaired) electrons. The molecule has 0 saturated carbocycles. The molecule has 0 saturated heterocycles. The molecular weight excluding hydrogens is 670 g/mol. The van der Waals surface area contributed by atoms with Crippen molar-refractivity contribution in [2.45, 2.75) is 94.7 Å². The van der Waals surface area contributed by atoms with Gasteiger partial charge in [-0.05, 0) is 83.1 Å². The minimum atomic E-state index is -1.47. The molecule has 0 bridgehead atoms. The number of benzene rings is 6. The molecule has 2 heteroatoms.